The lowest BCUT2D eigenvalue weighted by atomic mass is 9.76. The van der Waals surface area contributed by atoms with Gasteiger partial charge in [0.05, 0.1) is 0 Å². The lowest BCUT2D eigenvalue weighted by molar-refractivity contribution is -0.158. The highest BCUT2D eigenvalue weighted by atomic mass is 16.6. The standard InChI is InChI=1S/C42H67N5O10/c1-27(34(51)44-29(37(54)56-40(5,6)7)22-23-30(48)43-25-18-21-31(49)50)24-26-46(13)36(53)32(39(2,3)4)45-35(52)33(47(14)38(55)57-41(8,9)10)42(11,12)28-19-16-15-17-20-28/h15-17,19-20,24,29,32-33H,18,21-23,25-26H2,1-14H3,(H,43,48)(H,44,51)(H,45,52)(H,49,50)/b27-24+/t29-,32?,33-/m1/s1. The zero-order valence-electron chi connectivity index (χ0n) is 36.5. The number of aliphatic carboxylic acids is 1. The van der Waals surface area contributed by atoms with Gasteiger partial charge in [-0.3, -0.25) is 28.9 Å². The highest BCUT2D eigenvalue weighted by Gasteiger charge is 2.45. The van der Waals surface area contributed by atoms with Gasteiger partial charge in [-0.2, -0.15) is 0 Å². The Kier molecular flexibility index (Phi) is 18.4. The first-order valence-corrected chi connectivity index (χ1v) is 19.2. The summed E-state index contributed by atoms with van der Waals surface area (Å²) in [6, 6.07) is 5.97. The first-order valence-electron chi connectivity index (χ1n) is 19.2. The number of carboxylic acids is 1. The smallest absolute Gasteiger partial charge is 0.410 e. The second-order valence-electron chi connectivity index (χ2n) is 17.9. The number of amides is 5. The van der Waals surface area contributed by atoms with Crippen molar-refractivity contribution in [1.29, 1.82) is 0 Å². The van der Waals surface area contributed by atoms with E-state index in [4.69, 9.17) is 14.6 Å². The number of carbonyl (C=O) groups excluding carboxylic acids is 6. The first-order chi connectivity index (χ1) is 26.0. The molecule has 0 saturated carbocycles. The number of esters is 1. The van der Waals surface area contributed by atoms with E-state index in [1.54, 1.807) is 62.3 Å². The Morgan fingerprint density at radius 1 is 0.807 bits per heavy atom. The topological polar surface area (TPSA) is 201 Å². The molecule has 0 aliphatic rings. The van der Waals surface area contributed by atoms with E-state index in [1.165, 1.54) is 36.9 Å². The van der Waals surface area contributed by atoms with Crippen LogP contribution in [0.4, 0.5) is 4.79 Å². The van der Waals surface area contributed by atoms with Gasteiger partial charge in [-0.15, -0.1) is 0 Å². The van der Waals surface area contributed by atoms with E-state index in [2.05, 4.69) is 16.0 Å². The van der Waals surface area contributed by atoms with Crippen molar-refractivity contribution in [2.45, 2.75) is 144 Å². The number of carboxylic acid groups (broad SMARTS) is 1. The number of nitrogens with zero attached hydrogens (tertiary/aromatic N) is 2. The Morgan fingerprint density at radius 2 is 1.37 bits per heavy atom. The highest BCUT2D eigenvalue weighted by molar-refractivity contribution is 5.96. The van der Waals surface area contributed by atoms with E-state index in [1.807, 2.05) is 44.2 Å². The van der Waals surface area contributed by atoms with Crippen LogP contribution in [0.1, 0.15) is 114 Å². The van der Waals surface area contributed by atoms with E-state index in [-0.39, 0.29) is 44.3 Å². The predicted octanol–water partition coefficient (Wildman–Crippen LogP) is 4.72. The van der Waals surface area contributed by atoms with E-state index >= 15 is 0 Å². The van der Waals surface area contributed by atoms with E-state index in [9.17, 15) is 33.6 Å². The molecule has 15 nitrogen and oxygen atoms in total. The van der Waals surface area contributed by atoms with Crippen LogP contribution in [0.3, 0.4) is 0 Å². The number of rotatable bonds is 18. The molecule has 1 unspecified atom stereocenters. The quantitative estimate of drug-likeness (QED) is 0.0915. The molecule has 0 bridgehead atoms. The van der Waals surface area contributed by atoms with Crippen molar-refractivity contribution in [2.75, 3.05) is 27.2 Å². The number of carbonyl (C=O) groups is 7. The Labute approximate surface area is 338 Å². The van der Waals surface area contributed by atoms with Crippen LogP contribution < -0.4 is 16.0 Å². The number of benzene rings is 1. The summed E-state index contributed by atoms with van der Waals surface area (Å²) in [5, 5.41) is 17.0. The summed E-state index contributed by atoms with van der Waals surface area (Å²) in [7, 11) is 3.03. The van der Waals surface area contributed by atoms with Crippen molar-refractivity contribution in [3.05, 3.63) is 47.5 Å². The molecule has 0 heterocycles. The summed E-state index contributed by atoms with van der Waals surface area (Å²) < 4.78 is 11.1. The van der Waals surface area contributed by atoms with Gasteiger partial charge in [0.25, 0.3) is 0 Å². The molecular weight excluding hydrogens is 734 g/mol. The van der Waals surface area contributed by atoms with Crippen LogP contribution in [0.15, 0.2) is 42.0 Å². The molecule has 57 heavy (non-hydrogen) atoms. The van der Waals surface area contributed by atoms with Gasteiger partial charge >= 0.3 is 18.0 Å². The molecule has 15 heteroatoms. The summed E-state index contributed by atoms with van der Waals surface area (Å²) in [4.78, 5) is 93.9. The van der Waals surface area contributed by atoms with Gasteiger partial charge in [0, 0.05) is 51.0 Å². The first kappa shape index (κ1) is 50.1. The zero-order chi connectivity index (χ0) is 44.1. The fourth-order valence-corrected chi connectivity index (χ4v) is 5.72. The normalized spacial score (nSPS) is 14.0. The average molecular weight is 802 g/mol. The van der Waals surface area contributed by atoms with Crippen LogP contribution in [-0.2, 0) is 43.7 Å². The van der Waals surface area contributed by atoms with Gasteiger partial charge in [0.2, 0.25) is 23.6 Å². The van der Waals surface area contributed by atoms with Crippen molar-refractivity contribution >= 4 is 41.7 Å². The largest absolute Gasteiger partial charge is 0.481 e. The Morgan fingerprint density at radius 3 is 1.88 bits per heavy atom. The molecule has 0 aliphatic heterocycles. The second kappa shape index (κ2) is 21.0. The minimum Gasteiger partial charge on any atom is -0.481 e. The van der Waals surface area contributed by atoms with Crippen molar-refractivity contribution in [3.63, 3.8) is 0 Å². The third-order valence-electron chi connectivity index (χ3n) is 8.87. The predicted molar refractivity (Wildman–Crippen MR) is 217 cm³/mol. The maximum Gasteiger partial charge on any atom is 0.410 e. The van der Waals surface area contributed by atoms with Crippen LogP contribution in [0.25, 0.3) is 0 Å². The van der Waals surface area contributed by atoms with Crippen LogP contribution >= 0.6 is 0 Å². The molecule has 0 saturated heterocycles. The fraction of sp³-hybridized carbons (Fsp3) is 0.643. The van der Waals surface area contributed by atoms with Crippen LogP contribution in [0, 0.1) is 5.41 Å². The van der Waals surface area contributed by atoms with Gasteiger partial charge in [0.1, 0.15) is 29.3 Å². The number of ether oxygens (including phenoxy) is 2. The number of likely N-dealkylation sites (N-methyl/N-ethyl adjacent to an activating group) is 2. The van der Waals surface area contributed by atoms with Gasteiger partial charge in [-0.1, -0.05) is 71.0 Å². The molecule has 5 amide bonds. The third-order valence-corrected chi connectivity index (χ3v) is 8.87. The van der Waals surface area contributed by atoms with Crippen molar-refractivity contribution < 1.29 is 48.1 Å². The molecule has 3 atom stereocenters. The van der Waals surface area contributed by atoms with Crippen molar-refractivity contribution in [1.82, 2.24) is 25.8 Å². The Bertz CT molecular complexity index is 1600. The SMILES string of the molecule is C/C(=C\CN(C)C(=O)C(NC(=O)[C@@H](N(C)C(=O)OC(C)(C)C)C(C)(C)c1ccccc1)C(C)(C)C)C(=O)N[C@H](CCC(=O)NCCCC(=O)O)C(=O)OC(C)(C)C. The molecular formula is C42H67N5O10. The fourth-order valence-electron chi connectivity index (χ4n) is 5.72. The Balaban J connectivity index is 3.26. The molecule has 1 rings (SSSR count). The van der Waals surface area contributed by atoms with Crippen molar-refractivity contribution in [3.8, 4) is 0 Å². The molecule has 1 aromatic rings. The molecule has 320 valence electrons. The van der Waals surface area contributed by atoms with Gasteiger partial charge < -0.3 is 35.4 Å². The summed E-state index contributed by atoms with van der Waals surface area (Å²) in [5.74, 6) is -3.75. The second-order valence-corrected chi connectivity index (χ2v) is 17.9. The van der Waals surface area contributed by atoms with E-state index in [0.717, 1.165) is 5.56 Å². The summed E-state index contributed by atoms with van der Waals surface area (Å²) in [6.45, 7) is 21.0. The van der Waals surface area contributed by atoms with Gasteiger partial charge in [-0.25, -0.2) is 9.59 Å². The maximum absolute atomic E-state index is 14.4. The zero-order valence-corrected chi connectivity index (χ0v) is 36.5. The van der Waals surface area contributed by atoms with Crippen LogP contribution in [0.2, 0.25) is 0 Å². The van der Waals surface area contributed by atoms with Crippen molar-refractivity contribution in [2.24, 2.45) is 5.41 Å². The molecule has 0 radical (unpaired) electrons. The van der Waals surface area contributed by atoms with Crippen LogP contribution in [0.5, 0.6) is 0 Å². The highest BCUT2D eigenvalue weighted by Crippen LogP contribution is 2.32. The number of nitrogens with one attached hydrogen (secondary N) is 3. The monoisotopic (exact) mass is 801 g/mol. The molecule has 0 aromatic heterocycles. The molecule has 1 aromatic carbocycles. The maximum atomic E-state index is 14.4. The number of hydrogen-bond donors (Lipinski definition) is 4. The summed E-state index contributed by atoms with van der Waals surface area (Å²) >= 11 is 0. The molecule has 0 aliphatic carbocycles. The molecule has 0 fully saturated rings. The van der Waals surface area contributed by atoms with Gasteiger partial charge in [0.15, 0.2) is 0 Å². The number of hydrogen-bond acceptors (Lipinski definition) is 9. The Hall–Kier alpha value is -4.95. The van der Waals surface area contributed by atoms with Gasteiger partial charge in [-0.05, 0) is 72.3 Å². The third kappa shape index (κ3) is 17.4. The summed E-state index contributed by atoms with van der Waals surface area (Å²) in [6.07, 6.45) is 0.744. The van der Waals surface area contributed by atoms with Crippen LogP contribution in [-0.4, -0.2) is 113 Å². The van der Waals surface area contributed by atoms with E-state index in [0.29, 0.717) is 0 Å². The van der Waals surface area contributed by atoms with E-state index < -0.39 is 81.8 Å². The summed E-state index contributed by atoms with van der Waals surface area (Å²) in [5.41, 5.74) is -2.43. The molecule has 4 N–H and O–H groups in total. The lowest BCUT2D eigenvalue weighted by Crippen LogP contribution is -2.62. The average Bonchev–Trinajstić information content (AvgIpc) is 3.07. The minimum atomic E-state index is -1.17. The molecule has 0 spiro atoms. The minimum absolute atomic E-state index is 0.0346. The lowest BCUT2D eigenvalue weighted by Gasteiger charge is -2.42.